The highest BCUT2D eigenvalue weighted by Crippen LogP contribution is 2.28. The zero-order chi connectivity index (χ0) is 22.3. The molecular weight excluding hydrogens is 402 g/mol. The Morgan fingerprint density at radius 1 is 1.19 bits per heavy atom. The number of benzene rings is 1. The highest BCUT2D eigenvalue weighted by Gasteiger charge is 2.26. The van der Waals surface area contributed by atoms with Crippen LogP contribution in [0.3, 0.4) is 0 Å². The first-order valence-electron chi connectivity index (χ1n) is 11.6. The molecule has 1 aromatic heterocycles. The summed E-state index contributed by atoms with van der Waals surface area (Å²) in [6, 6.07) is 12.7. The zero-order valence-corrected chi connectivity index (χ0v) is 19.5. The predicted molar refractivity (Wildman–Crippen MR) is 129 cm³/mol. The summed E-state index contributed by atoms with van der Waals surface area (Å²) in [6.07, 6.45) is 3.33. The summed E-state index contributed by atoms with van der Waals surface area (Å²) < 4.78 is 10.9. The Balaban J connectivity index is 1.37. The standard InChI is InChI=1S/C25H35N5O2/c1-4-26-25(30-12-11-22(18-30)21-6-8-23(31-3)9-7-21)28-16-20-5-10-24(27-15-20)29-13-14-32-19(2)17-29/h5-10,15,19,22H,4,11-14,16-18H2,1-3H3,(H,26,28). The van der Waals surface area contributed by atoms with Crippen molar-refractivity contribution in [1.82, 2.24) is 15.2 Å². The van der Waals surface area contributed by atoms with Gasteiger partial charge in [-0.3, -0.25) is 0 Å². The molecule has 2 aliphatic rings. The molecule has 0 saturated carbocycles. The summed E-state index contributed by atoms with van der Waals surface area (Å²) in [5.74, 6) is 3.42. The molecule has 7 heteroatoms. The largest absolute Gasteiger partial charge is 0.497 e. The number of methoxy groups -OCH3 is 1. The molecule has 1 N–H and O–H groups in total. The van der Waals surface area contributed by atoms with Crippen molar-refractivity contribution in [3.8, 4) is 5.75 Å². The molecule has 1 aromatic carbocycles. The lowest BCUT2D eigenvalue weighted by molar-refractivity contribution is 0.0529. The second kappa shape index (κ2) is 10.7. The van der Waals surface area contributed by atoms with Crippen molar-refractivity contribution in [3.05, 3.63) is 53.7 Å². The molecule has 3 heterocycles. The fraction of sp³-hybridized carbons (Fsp3) is 0.520. The normalized spacial score (nSPS) is 21.7. The van der Waals surface area contributed by atoms with E-state index >= 15 is 0 Å². The molecule has 2 atom stereocenters. The fourth-order valence-corrected chi connectivity index (χ4v) is 4.42. The Bertz CT molecular complexity index is 884. The summed E-state index contributed by atoms with van der Waals surface area (Å²) >= 11 is 0. The molecule has 4 rings (SSSR count). The van der Waals surface area contributed by atoms with E-state index in [1.165, 1.54) is 5.56 Å². The van der Waals surface area contributed by atoms with Gasteiger partial charge in [0.05, 0.1) is 26.4 Å². The van der Waals surface area contributed by atoms with E-state index in [0.717, 1.165) is 68.8 Å². The zero-order valence-electron chi connectivity index (χ0n) is 19.5. The Kier molecular flexibility index (Phi) is 7.47. The first kappa shape index (κ1) is 22.4. The monoisotopic (exact) mass is 437 g/mol. The lowest BCUT2D eigenvalue weighted by atomic mass is 9.98. The number of hydrogen-bond acceptors (Lipinski definition) is 5. The van der Waals surface area contributed by atoms with Crippen molar-refractivity contribution >= 4 is 11.8 Å². The second-order valence-electron chi connectivity index (χ2n) is 8.53. The van der Waals surface area contributed by atoms with E-state index in [0.29, 0.717) is 12.5 Å². The number of aliphatic imine (C=N–C) groups is 1. The van der Waals surface area contributed by atoms with E-state index in [1.807, 2.05) is 18.3 Å². The van der Waals surface area contributed by atoms with Gasteiger partial charge in [-0.05, 0) is 49.6 Å². The first-order chi connectivity index (χ1) is 15.7. The molecular formula is C25H35N5O2. The number of ether oxygens (including phenoxy) is 2. The number of morpholine rings is 1. The van der Waals surface area contributed by atoms with Gasteiger partial charge in [0.1, 0.15) is 11.6 Å². The van der Waals surface area contributed by atoms with Crippen LogP contribution in [0, 0.1) is 0 Å². The first-order valence-corrected chi connectivity index (χ1v) is 11.6. The molecule has 2 fully saturated rings. The Morgan fingerprint density at radius 3 is 2.72 bits per heavy atom. The minimum atomic E-state index is 0.250. The van der Waals surface area contributed by atoms with Crippen LogP contribution in [0.5, 0.6) is 5.75 Å². The van der Waals surface area contributed by atoms with E-state index in [2.05, 4.69) is 58.2 Å². The number of likely N-dealkylation sites (tertiary alicyclic amines) is 1. The van der Waals surface area contributed by atoms with Gasteiger partial charge in [0, 0.05) is 44.8 Å². The third-order valence-electron chi connectivity index (χ3n) is 6.20. The van der Waals surface area contributed by atoms with Gasteiger partial charge in [0.2, 0.25) is 0 Å². The van der Waals surface area contributed by atoms with Crippen LogP contribution in [0.4, 0.5) is 5.82 Å². The van der Waals surface area contributed by atoms with Crippen molar-refractivity contribution < 1.29 is 9.47 Å². The Hall–Kier alpha value is -2.80. The molecule has 2 saturated heterocycles. The molecule has 2 unspecified atom stereocenters. The summed E-state index contributed by atoms with van der Waals surface area (Å²) in [5, 5.41) is 3.47. The lowest BCUT2D eigenvalue weighted by Crippen LogP contribution is -2.41. The van der Waals surface area contributed by atoms with Crippen molar-refractivity contribution in [1.29, 1.82) is 0 Å². The molecule has 0 amide bonds. The third kappa shape index (κ3) is 5.51. The minimum absolute atomic E-state index is 0.250. The number of nitrogens with one attached hydrogen (secondary N) is 1. The number of aromatic nitrogens is 1. The van der Waals surface area contributed by atoms with Crippen molar-refractivity contribution in [2.75, 3.05) is 51.3 Å². The van der Waals surface area contributed by atoms with Crippen molar-refractivity contribution in [3.63, 3.8) is 0 Å². The quantitative estimate of drug-likeness (QED) is 0.553. The van der Waals surface area contributed by atoms with E-state index < -0.39 is 0 Å². The summed E-state index contributed by atoms with van der Waals surface area (Å²) in [6.45, 7) is 10.2. The van der Waals surface area contributed by atoms with Gasteiger partial charge in [-0.2, -0.15) is 0 Å². The Morgan fingerprint density at radius 2 is 2.03 bits per heavy atom. The molecule has 2 aromatic rings. The number of rotatable bonds is 6. The highest BCUT2D eigenvalue weighted by molar-refractivity contribution is 5.80. The smallest absolute Gasteiger partial charge is 0.194 e. The number of pyridine rings is 1. The van der Waals surface area contributed by atoms with Crippen LogP contribution in [-0.4, -0.2) is 68.4 Å². The molecule has 2 aliphatic heterocycles. The van der Waals surface area contributed by atoms with Crippen LogP contribution < -0.4 is 15.0 Å². The van der Waals surface area contributed by atoms with E-state index in [-0.39, 0.29) is 6.10 Å². The van der Waals surface area contributed by atoms with Gasteiger partial charge in [-0.15, -0.1) is 0 Å². The molecule has 7 nitrogen and oxygen atoms in total. The van der Waals surface area contributed by atoms with Crippen LogP contribution in [0.25, 0.3) is 0 Å². The maximum atomic E-state index is 5.63. The topological polar surface area (TPSA) is 62.2 Å². The summed E-state index contributed by atoms with van der Waals surface area (Å²) in [5.41, 5.74) is 2.48. The number of nitrogens with zero attached hydrogens (tertiary/aromatic N) is 4. The van der Waals surface area contributed by atoms with Gasteiger partial charge < -0.3 is 24.6 Å². The highest BCUT2D eigenvalue weighted by atomic mass is 16.5. The SMILES string of the molecule is CCNC(=NCc1ccc(N2CCOC(C)C2)nc1)N1CCC(c2ccc(OC)cc2)C1. The third-order valence-corrected chi connectivity index (χ3v) is 6.20. The second-order valence-corrected chi connectivity index (χ2v) is 8.53. The number of hydrogen-bond donors (Lipinski definition) is 1. The molecule has 0 radical (unpaired) electrons. The maximum Gasteiger partial charge on any atom is 0.194 e. The Labute approximate surface area is 191 Å². The average molecular weight is 438 g/mol. The van der Waals surface area contributed by atoms with Crippen LogP contribution in [0.1, 0.15) is 37.3 Å². The molecule has 172 valence electrons. The predicted octanol–water partition coefficient (Wildman–Crippen LogP) is 3.27. The maximum absolute atomic E-state index is 5.63. The van der Waals surface area contributed by atoms with Gasteiger partial charge in [-0.1, -0.05) is 18.2 Å². The van der Waals surface area contributed by atoms with Crippen molar-refractivity contribution in [2.24, 2.45) is 4.99 Å². The summed E-state index contributed by atoms with van der Waals surface area (Å²) in [7, 11) is 1.71. The number of anilines is 1. The van der Waals surface area contributed by atoms with E-state index in [4.69, 9.17) is 14.5 Å². The van der Waals surface area contributed by atoms with Gasteiger partial charge >= 0.3 is 0 Å². The molecule has 0 spiro atoms. The van der Waals surface area contributed by atoms with Gasteiger partial charge in [0.25, 0.3) is 0 Å². The fourth-order valence-electron chi connectivity index (χ4n) is 4.42. The van der Waals surface area contributed by atoms with Crippen LogP contribution in [-0.2, 0) is 11.3 Å². The molecule has 0 aliphatic carbocycles. The van der Waals surface area contributed by atoms with Gasteiger partial charge in [-0.25, -0.2) is 9.98 Å². The summed E-state index contributed by atoms with van der Waals surface area (Å²) in [4.78, 5) is 14.3. The minimum Gasteiger partial charge on any atom is -0.497 e. The van der Waals surface area contributed by atoms with Crippen LogP contribution in [0.15, 0.2) is 47.6 Å². The van der Waals surface area contributed by atoms with E-state index in [9.17, 15) is 0 Å². The van der Waals surface area contributed by atoms with Crippen LogP contribution >= 0.6 is 0 Å². The van der Waals surface area contributed by atoms with Gasteiger partial charge in [0.15, 0.2) is 5.96 Å². The number of guanidine groups is 1. The van der Waals surface area contributed by atoms with Crippen LogP contribution in [0.2, 0.25) is 0 Å². The molecule has 32 heavy (non-hydrogen) atoms. The van der Waals surface area contributed by atoms with E-state index in [1.54, 1.807) is 7.11 Å². The van der Waals surface area contributed by atoms with Crippen molar-refractivity contribution in [2.45, 2.75) is 38.8 Å². The average Bonchev–Trinajstić information content (AvgIpc) is 3.32. The lowest BCUT2D eigenvalue weighted by Gasteiger charge is -2.32. The molecule has 0 bridgehead atoms.